The van der Waals surface area contributed by atoms with Crippen molar-refractivity contribution in [2.24, 2.45) is 0 Å². The molecule has 0 saturated carbocycles. The summed E-state index contributed by atoms with van der Waals surface area (Å²) in [5, 5.41) is 9.53. The molecule has 0 aliphatic rings. The standard InChI is InChI=1S/C21H28N4O3S2/c1-21(2,3)17-10-8-16(9-11-17)19-23-24-20(25(19)15-18-7-5-12-28-18)29-13-6-14-30(26,27)22-4/h5,7-12,22H,6,13-15H2,1-4H3. The summed E-state index contributed by atoms with van der Waals surface area (Å²) < 4.78 is 33.1. The lowest BCUT2D eigenvalue weighted by Gasteiger charge is -2.19. The highest BCUT2D eigenvalue weighted by molar-refractivity contribution is 7.99. The van der Waals surface area contributed by atoms with Crippen molar-refractivity contribution in [3.63, 3.8) is 0 Å². The number of nitrogens with one attached hydrogen (secondary N) is 1. The maximum Gasteiger partial charge on any atom is 0.211 e. The van der Waals surface area contributed by atoms with E-state index in [1.54, 1.807) is 6.26 Å². The first kappa shape index (κ1) is 22.6. The normalized spacial score (nSPS) is 12.4. The Kier molecular flexibility index (Phi) is 7.05. The van der Waals surface area contributed by atoms with E-state index in [0.717, 1.165) is 22.3 Å². The molecule has 9 heteroatoms. The summed E-state index contributed by atoms with van der Waals surface area (Å²) in [6.45, 7) is 7.06. The molecule has 7 nitrogen and oxygen atoms in total. The Morgan fingerprint density at radius 2 is 1.87 bits per heavy atom. The van der Waals surface area contributed by atoms with E-state index in [1.165, 1.54) is 24.4 Å². The highest BCUT2D eigenvalue weighted by atomic mass is 32.2. The van der Waals surface area contributed by atoms with E-state index in [9.17, 15) is 8.42 Å². The van der Waals surface area contributed by atoms with Crippen molar-refractivity contribution in [1.82, 2.24) is 19.5 Å². The van der Waals surface area contributed by atoms with E-state index in [1.807, 2.05) is 16.7 Å². The van der Waals surface area contributed by atoms with Crippen LogP contribution in [0.1, 0.15) is 38.5 Å². The van der Waals surface area contributed by atoms with Crippen LogP contribution < -0.4 is 4.72 Å². The van der Waals surface area contributed by atoms with Crippen LogP contribution in [0.4, 0.5) is 0 Å². The van der Waals surface area contributed by atoms with Crippen LogP contribution in [-0.4, -0.2) is 41.7 Å². The highest BCUT2D eigenvalue weighted by Gasteiger charge is 2.18. The molecule has 0 atom stereocenters. The van der Waals surface area contributed by atoms with Gasteiger partial charge in [-0.1, -0.05) is 56.8 Å². The molecule has 2 aromatic heterocycles. The van der Waals surface area contributed by atoms with E-state index < -0.39 is 10.0 Å². The first-order valence-electron chi connectivity index (χ1n) is 9.80. The van der Waals surface area contributed by atoms with Crippen LogP contribution in [0.15, 0.2) is 52.2 Å². The van der Waals surface area contributed by atoms with Crippen molar-refractivity contribution >= 4 is 21.8 Å². The monoisotopic (exact) mass is 448 g/mol. The van der Waals surface area contributed by atoms with Gasteiger partial charge in [-0.3, -0.25) is 4.57 Å². The molecule has 0 bridgehead atoms. The summed E-state index contributed by atoms with van der Waals surface area (Å²) >= 11 is 1.50. The molecule has 1 N–H and O–H groups in total. The van der Waals surface area contributed by atoms with Crippen LogP contribution in [0, 0.1) is 0 Å². The zero-order chi connectivity index (χ0) is 21.8. The average Bonchev–Trinajstić information content (AvgIpc) is 3.35. The van der Waals surface area contributed by atoms with Gasteiger partial charge >= 0.3 is 0 Å². The Morgan fingerprint density at radius 3 is 2.47 bits per heavy atom. The second-order valence-electron chi connectivity index (χ2n) is 8.02. The molecule has 30 heavy (non-hydrogen) atoms. The fourth-order valence-corrected chi connectivity index (χ4v) is 4.73. The fraction of sp³-hybridized carbons (Fsp3) is 0.429. The maximum atomic E-state index is 11.6. The van der Waals surface area contributed by atoms with Crippen LogP contribution in [0.5, 0.6) is 0 Å². The van der Waals surface area contributed by atoms with Crippen molar-refractivity contribution in [2.75, 3.05) is 18.6 Å². The molecule has 0 unspecified atom stereocenters. The summed E-state index contributed by atoms with van der Waals surface area (Å²) in [5.74, 6) is 2.28. The number of hydrogen-bond donors (Lipinski definition) is 1. The van der Waals surface area contributed by atoms with Crippen LogP contribution >= 0.6 is 11.8 Å². The predicted molar refractivity (Wildman–Crippen MR) is 120 cm³/mol. The third-order valence-corrected chi connectivity index (χ3v) is 7.22. The molecule has 0 saturated heterocycles. The molecule has 0 radical (unpaired) electrons. The smallest absolute Gasteiger partial charge is 0.211 e. The second-order valence-corrected chi connectivity index (χ2v) is 11.1. The lowest BCUT2D eigenvalue weighted by atomic mass is 9.87. The van der Waals surface area contributed by atoms with Crippen LogP contribution in [0.3, 0.4) is 0 Å². The van der Waals surface area contributed by atoms with Crippen LogP contribution in [-0.2, 0) is 22.0 Å². The van der Waals surface area contributed by atoms with Crippen molar-refractivity contribution in [3.8, 4) is 11.4 Å². The van der Waals surface area contributed by atoms with Crippen LogP contribution in [0.2, 0.25) is 0 Å². The van der Waals surface area contributed by atoms with Gasteiger partial charge in [0, 0.05) is 11.3 Å². The Labute approximate surface area is 182 Å². The summed E-state index contributed by atoms with van der Waals surface area (Å²) in [5.41, 5.74) is 2.31. The van der Waals surface area contributed by atoms with Crippen molar-refractivity contribution in [2.45, 2.75) is 44.3 Å². The summed E-state index contributed by atoms with van der Waals surface area (Å²) in [6.07, 6.45) is 2.17. The number of furan rings is 1. The lowest BCUT2D eigenvalue weighted by Crippen LogP contribution is -2.22. The molecule has 0 amide bonds. The second kappa shape index (κ2) is 9.36. The molecular formula is C21H28N4O3S2. The third kappa shape index (κ3) is 5.74. The van der Waals surface area contributed by atoms with Gasteiger partial charge in [-0.05, 0) is 36.6 Å². The van der Waals surface area contributed by atoms with Gasteiger partial charge in [0.15, 0.2) is 11.0 Å². The maximum absolute atomic E-state index is 11.6. The van der Waals surface area contributed by atoms with Gasteiger partial charge in [-0.2, -0.15) is 0 Å². The number of nitrogens with zero attached hydrogens (tertiary/aromatic N) is 3. The minimum atomic E-state index is -3.20. The van der Waals surface area contributed by atoms with E-state index in [2.05, 4.69) is 60.0 Å². The van der Waals surface area contributed by atoms with Crippen molar-refractivity contribution in [3.05, 3.63) is 54.0 Å². The van der Waals surface area contributed by atoms with Gasteiger partial charge in [0.05, 0.1) is 18.6 Å². The molecule has 162 valence electrons. The van der Waals surface area contributed by atoms with Crippen molar-refractivity contribution in [1.29, 1.82) is 0 Å². The minimum absolute atomic E-state index is 0.0784. The number of aromatic nitrogens is 3. The molecule has 1 aromatic carbocycles. The number of benzene rings is 1. The Balaban J connectivity index is 1.82. The van der Waals surface area contributed by atoms with E-state index in [0.29, 0.717) is 18.7 Å². The zero-order valence-corrected chi connectivity index (χ0v) is 19.4. The number of rotatable bonds is 9. The topological polar surface area (TPSA) is 90.0 Å². The number of sulfonamides is 1. The van der Waals surface area contributed by atoms with Gasteiger partial charge in [0.25, 0.3) is 0 Å². The first-order valence-corrected chi connectivity index (χ1v) is 12.4. The molecule has 0 fully saturated rings. The Hall–Kier alpha value is -2.10. The molecule has 3 rings (SSSR count). The van der Waals surface area contributed by atoms with Crippen molar-refractivity contribution < 1.29 is 12.8 Å². The van der Waals surface area contributed by atoms with Gasteiger partial charge in [0.1, 0.15) is 5.76 Å². The molecule has 0 spiro atoms. The summed E-state index contributed by atoms with van der Waals surface area (Å²) in [4.78, 5) is 0. The summed E-state index contributed by atoms with van der Waals surface area (Å²) in [6, 6.07) is 12.1. The fourth-order valence-electron chi connectivity index (χ4n) is 2.94. The van der Waals surface area contributed by atoms with Gasteiger partial charge in [0.2, 0.25) is 10.0 Å². The molecule has 0 aliphatic heterocycles. The average molecular weight is 449 g/mol. The molecule has 0 aliphatic carbocycles. The molecule has 3 aromatic rings. The Bertz CT molecular complexity index is 1050. The number of hydrogen-bond acceptors (Lipinski definition) is 6. The Morgan fingerprint density at radius 1 is 1.13 bits per heavy atom. The quantitative estimate of drug-likeness (QED) is 0.394. The molecular weight excluding hydrogens is 420 g/mol. The minimum Gasteiger partial charge on any atom is -0.467 e. The van der Waals surface area contributed by atoms with Gasteiger partial charge in [-0.25, -0.2) is 13.1 Å². The van der Waals surface area contributed by atoms with E-state index >= 15 is 0 Å². The zero-order valence-electron chi connectivity index (χ0n) is 17.8. The SMILES string of the molecule is CNS(=O)(=O)CCCSc1nnc(-c2ccc(C(C)(C)C)cc2)n1Cc1ccco1. The largest absolute Gasteiger partial charge is 0.467 e. The summed E-state index contributed by atoms with van der Waals surface area (Å²) in [7, 11) is -1.77. The highest BCUT2D eigenvalue weighted by Crippen LogP contribution is 2.28. The third-order valence-electron chi connectivity index (χ3n) is 4.72. The van der Waals surface area contributed by atoms with Gasteiger partial charge < -0.3 is 4.42 Å². The van der Waals surface area contributed by atoms with E-state index in [4.69, 9.17) is 4.42 Å². The number of thioether (sulfide) groups is 1. The predicted octanol–water partition coefficient (Wildman–Crippen LogP) is 3.92. The molecule has 2 heterocycles. The lowest BCUT2D eigenvalue weighted by molar-refractivity contribution is 0.485. The first-order chi connectivity index (χ1) is 14.2. The van der Waals surface area contributed by atoms with Gasteiger partial charge in [-0.15, -0.1) is 10.2 Å². The van der Waals surface area contributed by atoms with E-state index in [-0.39, 0.29) is 11.2 Å². The van der Waals surface area contributed by atoms with Crippen LogP contribution in [0.25, 0.3) is 11.4 Å².